The third kappa shape index (κ3) is 6.20. The van der Waals surface area contributed by atoms with Crippen LogP contribution in [0.5, 0.6) is 0 Å². The van der Waals surface area contributed by atoms with Crippen LogP contribution in [0, 0.1) is 0 Å². The molecule has 0 unspecified atom stereocenters. The molecular formula is C26H24ClN3O3. The van der Waals surface area contributed by atoms with Crippen molar-refractivity contribution in [2.45, 2.75) is 31.3 Å². The molecule has 0 saturated heterocycles. The Morgan fingerprint density at radius 2 is 1.61 bits per heavy atom. The van der Waals surface area contributed by atoms with Crippen LogP contribution in [0.1, 0.15) is 51.6 Å². The standard InChI is InChI=1S/C26H24ClN3O3/c27-22-12-5-4-11-21(22)26(33)30-23(17-7-2-1-3-8-17)16-24(31)28-20-10-6-9-18(15-20)25(32)29-19-13-14-19/h1-12,15,19,23H,13-14,16H2,(H,28,31)(H,29,32)(H,30,33)/t23-/m1/s1. The summed E-state index contributed by atoms with van der Waals surface area (Å²) in [7, 11) is 0. The average molecular weight is 462 g/mol. The second kappa shape index (κ2) is 10.3. The lowest BCUT2D eigenvalue weighted by Gasteiger charge is -2.19. The van der Waals surface area contributed by atoms with Crippen LogP contribution in [0.2, 0.25) is 5.02 Å². The Kier molecular flexibility index (Phi) is 7.05. The molecule has 1 saturated carbocycles. The molecule has 33 heavy (non-hydrogen) atoms. The number of carbonyl (C=O) groups is 3. The predicted molar refractivity (Wildman–Crippen MR) is 128 cm³/mol. The molecular weight excluding hydrogens is 438 g/mol. The zero-order valence-electron chi connectivity index (χ0n) is 17.9. The second-order valence-corrected chi connectivity index (χ2v) is 8.40. The van der Waals surface area contributed by atoms with Crippen molar-refractivity contribution in [3.63, 3.8) is 0 Å². The molecule has 6 nitrogen and oxygen atoms in total. The molecule has 1 aliphatic carbocycles. The summed E-state index contributed by atoms with van der Waals surface area (Å²) in [6.07, 6.45) is 2.02. The van der Waals surface area contributed by atoms with Gasteiger partial charge in [-0.25, -0.2) is 0 Å². The van der Waals surface area contributed by atoms with E-state index in [0.717, 1.165) is 18.4 Å². The highest BCUT2D eigenvalue weighted by Crippen LogP contribution is 2.22. The highest BCUT2D eigenvalue weighted by molar-refractivity contribution is 6.33. The maximum atomic E-state index is 12.9. The summed E-state index contributed by atoms with van der Waals surface area (Å²) in [5.74, 6) is -0.799. The molecule has 1 fully saturated rings. The molecule has 3 N–H and O–H groups in total. The number of hydrogen-bond acceptors (Lipinski definition) is 3. The minimum atomic E-state index is -0.559. The van der Waals surface area contributed by atoms with Crippen molar-refractivity contribution >= 4 is 35.0 Å². The van der Waals surface area contributed by atoms with Crippen molar-refractivity contribution in [2.75, 3.05) is 5.32 Å². The van der Waals surface area contributed by atoms with Crippen molar-refractivity contribution < 1.29 is 14.4 Å². The quantitative estimate of drug-likeness (QED) is 0.453. The minimum Gasteiger partial charge on any atom is -0.349 e. The Balaban J connectivity index is 1.46. The van der Waals surface area contributed by atoms with Gasteiger partial charge in [0.15, 0.2) is 0 Å². The van der Waals surface area contributed by atoms with Crippen LogP contribution in [0.15, 0.2) is 78.9 Å². The fourth-order valence-corrected chi connectivity index (χ4v) is 3.67. The van der Waals surface area contributed by atoms with E-state index in [2.05, 4.69) is 16.0 Å². The lowest BCUT2D eigenvalue weighted by atomic mass is 10.0. The number of anilines is 1. The summed E-state index contributed by atoms with van der Waals surface area (Å²) in [6, 6.07) is 22.6. The van der Waals surface area contributed by atoms with Crippen LogP contribution in [-0.2, 0) is 4.79 Å². The Labute approximate surface area is 197 Å². The number of hydrogen-bond donors (Lipinski definition) is 3. The van der Waals surface area contributed by atoms with Gasteiger partial charge in [0, 0.05) is 17.3 Å². The molecule has 168 valence electrons. The molecule has 0 radical (unpaired) electrons. The van der Waals surface area contributed by atoms with Crippen LogP contribution >= 0.6 is 11.6 Å². The van der Waals surface area contributed by atoms with Gasteiger partial charge in [0.05, 0.1) is 23.0 Å². The molecule has 3 aromatic carbocycles. The summed E-state index contributed by atoms with van der Waals surface area (Å²) < 4.78 is 0. The molecule has 1 aliphatic rings. The molecule has 0 aromatic heterocycles. The summed E-state index contributed by atoms with van der Waals surface area (Å²) in [5.41, 5.74) is 2.15. The summed E-state index contributed by atoms with van der Waals surface area (Å²) >= 11 is 6.16. The second-order valence-electron chi connectivity index (χ2n) is 8.00. The first kappa shape index (κ1) is 22.6. The molecule has 0 bridgehead atoms. The lowest BCUT2D eigenvalue weighted by molar-refractivity contribution is -0.116. The van der Waals surface area contributed by atoms with Gasteiger partial charge in [-0.3, -0.25) is 14.4 Å². The molecule has 4 rings (SSSR count). The van der Waals surface area contributed by atoms with E-state index in [1.54, 1.807) is 48.5 Å². The van der Waals surface area contributed by atoms with Crippen molar-refractivity contribution in [3.8, 4) is 0 Å². The number of amides is 3. The third-order valence-corrected chi connectivity index (χ3v) is 5.67. The predicted octanol–water partition coefficient (Wildman–Crippen LogP) is 4.73. The van der Waals surface area contributed by atoms with E-state index < -0.39 is 6.04 Å². The minimum absolute atomic E-state index is 0.0126. The first-order valence-corrected chi connectivity index (χ1v) is 11.2. The van der Waals surface area contributed by atoms with Gasteiger partial charge in [0.25, 0.3) is 11.8 Å². The normalized spacial score (nSPS) is 13.6. The zero-order valence-corrected chi connectivity index (χ0v) is 18.6. The van der Waals surface area contributed by atoms with E-state index in [0.29, 0.717) is 21.8 Å². The Morgan fingerprint density at radius 3 is 2.33 bits per heavy atom. The van der Waals surface area contributed by atoms with Crippen molar-refractivity contribution in [2.24, 2.45) is 0 Å². The van der Waals surface area contributed by atoms with Crippen LogP contribution < -0.4 is 16.0 Å². The Hall–Kier alpha value is -3.64. The number of rotatable bonds is 8. The first-order chi connectivity index (χ1) is 16.0. The summed E-state index contributed by atoms with van der Waals surface area (Å²) in [5, 5.41) is 9.03. The lowest BCUT2D eigenvalue weighted by Crippen LogP contribution is -2.31. The van der Waals surface area contributed by atoms with Crippen LogP contribution in [0.3, 0.4) is 0 Å². The number of nitrogens with one attached hydrogen (secondary N) is 3. The Morgan fingerprint density at radius 1 is 0.879 bits per heavy atom. The van der Waals surface area contributed by atoms with Gasteiger partial charge >= 0.3 is 0 Å². The molecule has 1 atom stereocenters. The highest BCUT2D eigenvalue weighted by Gasteiger charge is 2.24. The van der Waals surface area contributed by atoms with Crippen LogP contribution in [0.25, 0.3) is 0 Å². The summed E-state index contributed by atoms with van der Waals surface area (Å²) in [6.45, 7) is 0. The topological polar surface area (TPSA) is 87.3 Å². The van der Waals surface area contributed by atoms with E-state index in [9.17, 15) is 14.4 Å². The maximum absolute atomic E-state index is 12.9. The fraction of sp³-hybridized carbons (Fsp3) is 0.192. The SMILES string of the molecule is O=C(C[C@@H](NC(=O)c1ccccc1Cl)c1ccccc1)Nc1cccc(C(=O)NC2CC2)c1. The average Bonchev–Trinajstić information content (AvgIpc) is 3.63. The number of carbonyl (C=O) groups excluding carboxylic acids is 3. The monoisotopic (exact) mass is 461 g/mol. The van der Waals surface area contributed by atoms with Crippen molar-refractivity contribution in [1.82, 2.24) is 10.6 Å². The molecule has 3 aromatic rings. The van der Waals surface area contributed by atoms with Crippen molar-refractivity contribution in [3.05, 3.63) is 101 Å². The van der Waals surface area contributed by atoms with Gasteiger partial charge in [-0.2, -0.15) is 0 Å². The van der Waals surface area contributed by atoms with E-state index in [-0.39, 0.29) is 30.2 Å². The first-order valence-electron chi connectivity index (χ1n) is 10.8. The van der Waals surface area contributed by atoms with Crippen LogP contribution in [-0.4, -0.2) is 23.8 Å². The van der Waals surface area contributed by atoms with E-state index >= 15 is 0 Å². The maximum Gasteiger partial charge on any atom is 0.253 e. The molecule has 3 amide bonds. The number of halogens is 1. The number of benzene rings is 3. The smallest absolute Gasteiger partial charge is 0.253 e. The van der Waals surface area contributed by atoms with Gasteiger partial charge in [0.2, 0.25) is 5.91 Å². The van der Waals surface area contributed by atoms with Crippen molar-refractivity contribution in [1.29, 1.82) is 0 Å². The summed E-state index contributed by atoms with van der Waals surface area (Å²) in [4.78, 5) is 38.0. The van der Waals surface area contributed by atoms with E-state index in [1.807, 2.05) is 30.3 Å². The highest BCUT2D eigenvalue weighted by atomic mass is 35.5. The van der Waals surface area contributed by atoms with E-state index in [1.165, 1.54) is 0 Å². The van der Waals surface area contributed by atoms with Crippen LogP contribution in [0.4, 0.5) is 5.69 Å². The molecule has 7 heteroatoms. The van der Waals surface area contributed by atoms with Gasteiger partial charge < -0.3 is 16.0 Å². The fourth-order valence-electron chi connectivity index (χ4n) is 3.45. The molecule has 0 spiro atoms. The zero-order chi connectivity index (χ0) is 23.2. The van der Waals surface area contributed by atoms with Gasteiger partial charge in [-0.1, -0.05) is 60.1 Å². The largest absolute Gasteiger partial charge is 0.349 e. The van der Waals surface area contributed by atoms with Gasteiger partial charge in [-0.15, -0.1) is 0 Å². The molecule has 0 aliphatic heterocycles. The van der Waals surface area contributed by atoms with E-state index in [4.69, 9.17) is 11.6 Å². The Bertz CT molecular complexity index is 1160. The molecule has 0 heterocycles. The van der Waals surface area contributed by atoms with Gasteiger partial charge in [-0.05, 0) is 48.7 Å². The third-order valence-electron chi connectivity index (χ3n) is 5.34. The van der Waals surface area contributed by atoms with Gasteiger partial charge in [0.1, 0.15) is 0 Å².